The molecular weight excluding hydrogens is 215 g/mol. The Morgan fingerprint density at radius 2 is 2.07 bits per heavy atom. The zero-order chi connectivity index (χ0) is 10.6. The lowest BCUT2D eigenvalue weighted by Gasteiger charge is -2.07. The molecule has 1 rings (SSSR count). The summed E-state index contributed by atoms with van der Waals surface area (Å²) in [6, 6.07) is 6.23. The van der Waals surface area contributed by atoms with Gasteiger partial charge in [-0.2, -0.15) is 0 Å². The summed E-state index contributed by atoms with van der Waals surface area (Å²) in [7, 11) is 0. The van der Waals surface area contributed by atoms with E-state index in [9.17, 15) is 0 Å². The fourth-order valence-electron chi connectivity index (χ4n) is 1.32. The summed E-state index contributed by atoms with van der Waals surface area (Å²) >= 11 is 12.1. The Morgan fingerprint density at radius 1 is 1.36 bits per heavy atom. The molecule has 14 heavy (non-hydrogen) atoms. The van der Waals surface area contributed by atoms with E-state index >= 15 is 0 Å². The van der Waals surface area contributed by atoms with Gasteiger partial charge in [-0.3, -0.25) is 0 Å². The number of hydrogen-bond donors (Lipinski definition) is 0. The molecule has 0 aromatic heterocycles. The van der Waals surface area contributed by atoms with Gasteiger partial charge < -0.3 is 0 Å². The maximum atomic E-state index is 6.05. The summed E-state index contributed by atoms with van der Waals surface area (Å²) in [6.45, 7) is 4.13. The van der Waals surface area contributed by atoms with Crippen molar-refractivity contribution >= 4 is 23.2 Å². The van der Waals surface area contributed by atoms with Crippen LogP contribution in [0.15, 0.2) is 18.2 Å². The normalized spacial score (nSPS) is 12.9. The fraction of sp³-hybridized carbons (Fsp3) is 0.500. The lowest BCUT2D eigenvalue weighted by atomic mass is 10.1. The van der Waals surface area contributed by atoms with Gasteiger partial charge >= 0.3 is 0 Å². The van der Waals surface area contributed by atoms with Crippen molar-refractivity contribution in [1.29, 1.82) is 0 Å². The first-order chi connectivity index (χ1) is 6.63. The van der Waals surface area contributed by atoms with Gasteiger partial charge in [-0.05, 0) is 43.4 Å². The van der Waals surface area contributed by atoms with Crippen LogP contribution in [0.2, 0.25) is 5.02 Å². The molecule has 0 nitrogen and oxygen atoms in total. The molecule has 0 saturated heterocycles. The summed E-state index contributed by atoms with van der Waals surface area (Å²) in [5, 5.41) is 1.14. The molecule has 1 unspecified atom stereocenters. The van der Waals surface area contributed by atoms with Gasteiger partial charge in [0.15, 0.2) is 0 Å². The second-order valence-corrected chi connectivity index (χ2v) is 4.65. The Kier molecular flexibility index (Phi) is 4.77. The molecule has 0 N–H and O–H groups in total. The lowest BCUT2D eigenvalue weighted by Crippen LogP contribution is -1.98. The first kappa shape index (κ1) is 11.9. The molecule has 2 heteroatoms. The van der Waals surface area contributed by atoms with Crippen LogP contribution in [-0.4, -0.2) is 5.38 Å². The van der Waals surface area contributed by atoms with Gasteiger partial charge in [0.25, 0.3) is 0 Å². The number of hydrogen-bond acceptors (Lipinski definition) is 0. The number of halogens is 2. The molecule has 1 aromatic rings. The largest absolute Gasteiger partial charge is 0.123 e. The number of rotatable bonds is 4. The molecule has 1 aromatic carbocycles. The van der Waals surface area contributed by atoms with E-state index in [-0.39, 0.29) is 5.38 Å². The quantitative estimate of drug-likeness (QED) is 0.664. The smallest absolute Gasteiger partial charge is 0.0437 e. The predicted molar refractivity (Wildman–Crippen MR) is 64.4 cm³/mol. The maximum absolute atomic E-state index is 6.05. The van der Waals surface area contributed by atoms with Crippen molar-refractivity contribution in [2.24, 2.45) is 0 Å². The molecule has 0 heterocycles. The highest BCUT2D eigenvalue weighted by Gasteiger charge is 2.03. The standard InChI is InChI=1S/C12H16Cl2/c1-3-11(13)7-6-10-5-4-9(2)12(14)8-10/h4-5,8,11H,3,6-7H2,1-2H3. The first-order valence-electron chi connectivity index (χ1n) is 5.02. The maximum Gasteiger partial charge on any atom is 0.0437 e. The third-order valence-electron chi connectivity index (χ3n) is 2.43. The second-order valence-electron chi connectivity index (χ2n) is 3.63. The minimum absolute atomic E-state index is 0.287. The molecule has 0 bridgehead atoms. The van der Waals surface area contributed by atoms with Crippen LogP contribution in [0.3, 0.4) is 0 Å². The second kappa shape index (κ2) is 5.63. The van der Waals surface area contributed by atoms with Crippen LogP contribution in [-0.2, 0) is 6.42 Å². The fourth-order valence-corrected chi connectivity index (χ4v) is 1.63. The minimum atomic E-state index is 0.287. The van der Waals surface area contributed by atoms with Crippen LogP contribution in [0.5, 0.6) is 0 Å². The summed E-state index contributed by atoms with van der Waals surface area (Å²) in [4.78, 5) is 0. The molecule has 0 fully saturated rings. The van der Waals surface area contributed by atoms with Crippen molar-refractivity contribution in [3.05, 3.63) is 34.3 Å². The van der Waals surface area contributed by atoms with Crippen LogP contribution in [0.25, 0.3) is 0 Å². The molecule has 0 aliphatic carbocycles. The van der Waals surface area contributed by atoms with Crippen LogP contribution in [0.4, 0.5) is 0 Å². The SMILES string of the molecule is CCC(Cl)CCc1ccc(C)c(Cl)c1. The van der Waals surface area contributed by atoms with Crippen molar-refractivity contribution in [1.82, 2.24) is 0 Å². The molecule has 0 amide bonds. The molecule has 0 saturated carbocycles. The third kappa shape index (κ3) is 3.51. The van der Waals surface area contributed by atoms with Gasteiger partial charge in [-0.1, -0.05) is 30.7 Å². The van der Waals surface area contributed by atoms with Crippen LogP contribution < -0.4 is 0 Å². The highest BCUT2D eigenvalue weighted by molar-refractivity contribution is 6.31. The number of aryl methyl sites for hydroxylation is 2. The number of benzene rings is 1. The first-order valence-corrected chi connectivity index (χ1v) is 5.84. The van der Waals surface area contributed by atoms with Crippen LogP contribution in [0.1, 0.15) is 30.9 Å². The average Bonchev–Trinajstić information content (AvgIpc) is 2.19. The van der Waals surface area contributed by atoms with Crippen molar-refractivity contribution in [3.63, 3.8) is 0 Å². The van der Waals surface area contributed by atoms with E-state index in [1.807, 2.05) is 13.0 Å². The topological polar surface area (TPSA) is 0 Å². The Bertz CT molecular complexity index is 294. The van der Waals surface area contributed by atoms with E-state index in [0.717, 1.165) is 29.8 Å². The zero-order valence-electron chi connectivity index (χ0n) is 8.69. The van der Waals surface area contributed by atoms with Crippen LogP contribution in [0, 0.1) is 6.92 Å². The van der Waals surface area contributed by atoms with Gasteiger partial charge in [-0.15, -0.1) is 11.6 Å². The van der Waals surface area contributed by atoms with E-state index in [1.165, 1.54) is 5.56 Å². The van der Waals surface area contributed by atoms with Crippen molar-refractivity contribution < 1.29 is 0 Å². The minimum Gasteiger partial charge on any atom is -0.123 e. The zero-order valence-corrected chi connectivity index (χ0v) is 10.2. The van der Waals surface area contributed by atoms with E-state index in [2.05, 4.69) is 19.1 Å². The Balaban J connectivity index is 2.55. The van der Waals surface area contributed by atoms with E-state index in [1.54, 1.807) is 0 Å². The van der Waals surface area contributed by atoms with Gasteiger partial charge in [0.2, 0.25) is 0 Å². The lowest BCUT2D eigenvalue weighted by molar-refractivity contribution is 0.727. The highest BCUT2D eigenvalue weighted by atomic mass is 35.5. The van der Waals surface area contributed by atoms with Gasteiger partial charge in [-0.25, -0.2) is 0 Å². The summed E-state index contributed by atoms with van der Waals surface area (Å²) in [6.07, 6.45) is 3.07. The van der Waals surface area contributed by atoms with Crippen molar-refractivity contribution in [2.75, 3.05) is 0 Å². The average molecular weight is 231 g/mol. The third-order valence-corrected chi connectivity index (χ3v) is 3.36. The molecule has 0 aliphatic rings. The Labute approximate surface area is 96.2 Å². The molecular formula is C12H16Cl2. The van der Waals surface area contributed by atoms with Crippen LogP contribution >= 0.6 is 23.2 Å². The molecule has 1 atom stereocenters. The Morgan fingerprint density at radius 3 is 2.64 bits per heavy atom. The van der Waals surface area contributed by atoms with Crippen molar-refractivity contribution in [2.45, 2.75) is 38.5 Å². The van der Waals surface area contributed by atoms with E-state index < -0.39 is 0 Å². The summed E-state index contributed by atoms with van der Waals surface area (Å²) in [5.74, 6) is 0. The van der Waals surface area contributed by atoms with E-state index in [0.29, 0.717) is 0 Å². The molecule has 78 valence electrons. The highest BCUT2D eigenvalue weighted by Crippen LogP contribution is 2.19. The van der Waals surface area contributed by atoms with E-state index in [4.69, 9.17) is 23.2 Å². The molecule has 0 spiro atoms. The summed E-state index contributed by atoms with van der Waals surface area (Å²) < 4.78 is 0. The molecule has 0 aliphatic heterocycles. The predicted octanol–water partition coefficient (Wildman–Crippen LogP) is 4.60. The Hall–Kier alpha value is -0.200. The van der Waals surface area contributed by atoms with Gasteiger partial charge in [0.1, 0.15) is 0 Å². The summed E-state index contributed by atoms with van der Waals surface area (Å²) in [5.41, 5.74) is 2.41. The number of alkyl halides is 1. The molecule has 0 radical (unpaired) electrons. The van der Waals surface area contributed by atoms with Gasteiger partial charge in [0, 0.05) is 10.4 Å². The van der Waals surface area contributed by atoms with Gasteiger partial charge in [0.05, 0.1) is 0 Å². The van der Waals surface area contributed by atoms with Crippen molar-refractivity contribution in [3.8, 4) is 0 Å². The monoisotopic (exact) mass is 230 g/mol.